The number of ether oxygens (including phenoxy) is 1. The Balaban J connectivity index is 2.65. The van der Waals surface area contributed by atoms with E-state index < -0.39 is 28.5 Å². The summed E-state index contributed by atoms with van der Waals surface area (Å²) in [6, 6.07) is 6.93. The first-order valence-corrected chi connectivity index (χ1v) is 6.21. The number of halogens is 3. The maximum atomic E-state index is 11.4. The zero-order valence-electron chi connectivity index (χ0n) is 9.48. The van der Waals surface area contributed by atoms with Gasteiger partial charge in [-0.15, -0.1) is 0 Å². The number of carboxylic acids is 1. The molecular formula is C11H10Cl3NO4. The minimum absolute atomic E-state index is 0.404. The fourth-order valence-corrected chi connectivity index (χ4v) is 1.40. The SMILES string of the molecule is O=C(N[C@H](C(=O)O)c1ccccc1)OCC(Cl)(Cl)Cl. The Morgan fingerprint density at radius 3 is 2.32 bits per heavy atom. The third kappa shape index (κ3) is 6.00. The standard InChI is InChI=1S/C11H10Cl3NO4/c12-11(13,14)6-19-10(18)15-8(9(16)17)7-4-2-1-3-5-7/h1-5,8H,6H2,(H,15,18)(H,16,17)/t8-/m0/s1. The van der Waals surface area contributed by atoms with Crippen LogP contribution in [0.5, 0.6) is 0 Å². The number of alkyl carbamates (subject to hydrolysis) is 1. The lowest BCUT2D eigenvalue weighted by molar-refractivity contribution is -0.139. The van der Waals surface area contributed by atoms with Gasteiger partial charge in [0.15, 0.2) is 6.04 Å². The molecule has 1 aromatic rings. The van der Waals surface area contributed by atoms with Gasteiger partial charge in [0.25, 0.3) is 0 Å². The average molecular weight is 327 g/mol. The largest absolute Gasteiger partial charge is 0.479 e. The molecule has 2 N–H and O–H groups in total. The molecule has 0 bridgehead atoms. The van der Waals surface area contributed by atoms with E-state index in [-0.39, 0.29) is 0 Å². The molecule has 0 unspecified atom stereocenters. The molecule has 1 rings (SSSR count). The number of carboxylic acid groups (broad SMARTS) is 1. The van der Waals surface area contributed by atoms with Crippen molar-refractivity contribution >= 4 is 46.9 Å². The first-order chi connectivity index (χ1) is 8.79. The van der Waals surface area contributed by atoms with Crippen LogP contribution in [-0.4, -0.2) is 27.6 Å². The lowest BCUT2D eigenvalue weighted by Gasteiger charge is -2.16. The summed E-state index contributed by atoms with van der Waals surface area (Å²) in [6.07, 6.45) is -0.984. The molecule has 0 aliphatic rings. The highest BCUT2D eigenvalue weighted by molar-refractivity contribution is 6.67. The predicted molar refractivity (Wildman–Crippen MR) is 71.6 cm³/mol. The number of rotatable bonds is 4. The summed E-state index contributed by atoms with van der Waals surface area (Å²) < 4.78 is 2.85. The Morgan fingerprint density at radius 1 is 1.26 bits per heavy atom. The van der Waals surface area contributed by atoms with Crippen LogP contribution >= 0.6 is 34.8 Å². The van der Waals surface area contributed by atoms with Crippen molar-refractivity contribution in [2.24, 2.45) is 0 Å². The van der Waals surface area contributed by atoms with E-state index in [1.807, 2.05) is 0 Å². The molecule has 0 fully saturated rings. The minimum Gasteiger partial charge on any atom is -0.479 e. The van der Waals surface area contributed by atoms with Gasteiger partial charge in [-0.1, -0.05) is 65.1 Å². The molecule has 0 aliphatic heterocycles. The van der Waals surface area contributed by atoms with E-state index >= 15 is 0 Å². The van der Waals surface area contributed by atoms with Gasteiger partial charge >= 0.3 is 12.1 Å². The molecule has 0 saturated heterocycles. The van der Waals surface area contributed by atoms with Crippen LogP contribution < -0.4 is 5.32 Å². The number of hydrogen-bond donors (Lipinski definition) is 2. The summed E-state index contributed by atoms with van der Waals surface area (Å²) in [5, 5.41) is 11.2. The van der Waals surface area contributed by atoms with Crippen molar-refractivity contribution in [3.05, 3.63) is 35.9 Å². The summed E-state index contributed by atoms with van der Waals surface area (Å²) in [5.74, 6) is -1.22. The summed E-state index contributed by atoms with van der Waals surface area (Å²) >= 11 is 16.2. The van der Waals surface area contributed by atoms with Crippen molar-refractivity contribution in [2.45, 2.75) is 9.83 Å². The van der Waals surface area contributed by atoms with Crippen molar-refractivity contribution in [3.63, 3.8) is 0 Å². The Kier molecular flexibility index (Phi) is 5.72. The maximum Gasteiger partial charge on any atom is 0.408 e. The molecule has 1 amide bonds. The topological polar surface area (TPSA) is 75.6 Å². The van der Waals surface area contributed by atoms with Crippen molar-refractivity contribution in [3.8, 4) is 0 Å². The molecule has 19 heavy (non-hydrogen) atoms. The molecule has 0 spiro atoms. The van der Waals surface area contributed by atoms with Crippen LogP contribution in [0.4, 0.5) is 4.79 Å². The van der Waals surface area contributed by atoms with Crippen LogP contribution in [0.2, 0.25) is 0 Å². The normalized spacial score (nSPS) is 12.6. The Bertz CT molecular complexity index is 447. The van der Waals surface area contributed by atoms with Crippen molar-refractivity contribution in [1.82, 2.24) is 5.32 Å². The zero-order valence-corrected chi connectivity index (χ0v) is 11.7. The molecule has 1 aromatic carbocycles. The van der Waals surface area contributed by atoms with Gasteiger partial charge in [0, 0.05) is 0 Å². The lowest BCUT2D eigenvalue weighted by atomic mass is 10.1. The number of nitrogens with one attached hydrogen (secondary N) is 1. The average Bonchev–Trinajstić information content (AvgIpc) is 2.33. The summed E-state index contributed by atoms with van der Waals surface area (Å²) in [4.78, 5) is 22.5. The van der Waals surface area contributed by atoms with Crippen molar-refractivity contribution in [1.29, 1.82) is 0 Å². The van der Waals surface area contributed by atoms with Gasteiger partial charge in [-0.2, -0.15) is 0 Å². The van der Waals surface area contributed by atoms with Crippen molar-refractivity contribution < 1.29 is 19.4 Å². The third-order valence-electron chi connectivity index (χ3n) is 2.01. The summed E-state index contributed by atoms with van der Waals surface area (Å²) in [7, 11) is 0. The molecule has 104 valence electrons. The number of aliphatic carboxylic acids is 1. The van der Waals surface area contributed by atoms with Gasteiger partial charge in [-0.25, -0.2) is 9.59 Å². The first-order valence-electron chi connectivity index (χ1n) is 5.07. The van der Waals surface area contributed by atoms with Crippen LogP contribution in [0.1, 0.15) is 11.6 Å². The minimum atomic E-state index is -1.75. The molecule has 0 saturated carbocycles. The van der Waals surface area contributed by atoms with Crippen LogP contribution in [0.3, 0.4) is 0 Å². The number of carbonyl (C=O) groups excluding carboxylic acids is 1. The first kappa shape index (κ1) is 15.9. The smallest absolute Gasteiger partial charge is 0.408 e. The van der Waals surface area contributed by atoms with Crippen LogP contribution in [0, 0.1) is 0 Å². The quantitative estimate of drug-likeness (QED) is 0.834. The number of carbonyl (C=O) groups is 2. The predicted octanol–water partition coefficient (Wildman–Crippen LogP) is 2.91. The lowest BCUT2D eigenvalue weighted by Crippen LogP contribution is -2.35. The zero-order chi connectivity index (χ0) is 14.5. The van der Waals surface area contributed by atoms with E-state index in [1.165, 1.54) is 0 Å². The second kappa shape index (κ2) is 6.84. The van der Waals surface area contributed by atoms with Gasteiger partial charge in [-0.3, -0.25) is 0 Å². The Morgan fingerprint density at radius 2 is 1.84 bits per heavy atom. The Labute approximate surface area is 124 Å². The second-order valence-electron chi connectivity index (χ2n) is 3.52. The molecule has 1 atom stereocenters. The Hall–Kier alpha value is -1.17. The molecule has 0 radical (unpaired) electrons. The van der Waals surface area contributed by atoms with Gasteiger partial charge in [0.1, 0.15) is 6.61 Å². The molecular weight excluding hydrogens is 316 g/mol. The van der Waals surface area contributed by atoms with Gasteiger partial charge < -0.3 is 15.2 Å². The van der Waals surface area contributed by atoms with E-state index in [4.69, 9.17) is 39.9 Å². The van der Waals surface area contributed by atoms with E-state index in [2.05, 4.69) is 10.1 Å². The fourth-order valence-electron chi connectivity index (χ4n) is 1.24. The summed E-state index contributed by atoms with van der Waals surface area (Å²) in [6.45, 7) is -0.482. The van der Waals surface area contributed by atoms with Gasteiger partial charge in [-0.05, 0) is 5.56 Å². The number of benzene rings is 1. The second-order valence-corrected chi connectivity index (χ2v) is 6.03. The van der Waals surface area contributed by atoms with Crippen LogP contribution in [-0.2, 0) is 9.53 Å². The number of alkyl halides is 3. The molecule has 0 aliphatic carbocycles. The fraction of sp³-hybridized carbons (Fsp3) is 0.273. The highest BCUT2D eigenvalue weighted by Crippen LogP contribution is 2.26. The monoisotopic (exact) mass is 325 g/mol. The van der Waals surface area contributed by atoms with Gasteiger partial charge in [0.05, 0.1) is 0 Å². The van der Waals surface area contributed by atoms with E-state index in [9.17, 15) is 9.59 Å². The van der Waals surface area contributed by atoms with Crippen molar-refractivity contribution in [2.75, 3.05) is 6.61 Å². The summed E-state index contributed by atoms with van der Waals surface area (Å²) in [5.41, 5.74) is 0.404. The maximum absolute atomic E-state index is 11.4. The van der Waals surface area contributed by atoms with E-state index in [0.29, 0.717) is 5.56 Å². The molecule has 8 heteroatoms. The van der Waals surface area contributed by atoms with E-state index in [1.54, 1.807) is 30.3 Å². The molecule has 5 nitrogen and oxygen atoms in total. The van der Waals surface area contributed by atoms with E-state index in [0.717, 1.165) is 0 Å². The highest BCUT2D eigenvalue weighted by Gasteiger charge is 2.26. The third-order valence-corrected chi connectivity index (χ3v) is 2.34. The van der Waals surface area contributed by atoms with Crippen LogP contribution in [0.25, 0.3) is 0 Å². The highest BCUT2D eigenvalue weighted by atomic mass is 35.6. The van der Waals surface area contributed by atoms with Gasteiger partial charge in [0.2, 0.25) is 3.79 Å². The van der Waals surface area contributed by atoms with Crippen LogP contribution in [0.15, 0.2) is 30.3 Å². The molecule has 0 heterocycles. The molecule has 0 aromatic heterocycles. The number of hydrogen-bond acceptors (Lipinski definition) is 3. The number of amides is 1.